The van der Waals surface area contributed by atoms with Gasteiger partial charge in [0.1, 0.15) is 35.4 Å². The summed E-state index contributed by atoms with van der Waals surface area (Å²) >= 11 is 0. The first-order valence-corrected chi connectivity index (χ1v) is 12.6. The second-order valence-corrected chi connectivity index (χ2v) is 9.32. The van der Waals surface area contributed by atoms with Crippen molar-refractivity contribution in [2.45, 2.75) is 30.1 Å². The smallest absolute Gasteiger partial charge is 0.353 e. The highest BCUT2D eigenvalue weighted by molar-refractivity contribution is 5.49. The fourth-order valence-electron chi connectivity index (χ4n) is 4.97. The van der Waals surface area contributed by atoms with Crippen LogP contribution < -0.4 is 15.2 Å². The van der Waals surface area contributed by atoms with Crippen LogP contribution in [0, 0.1) is 0 Å². The summed E-state index contributed by atoms with van der Waals surface area (Å²) < 4.78 is 24.4. The molecule has 4 unspecified atom stereocenters. The van der Waals surface area contributed by atoms with Crippen LogP contribution in [0.25, 0.3) is 0 Å². The first kappa shape index (κ1) is 27.4. The van der Waals surface area contributed by atoms with Crippen LogP contribution in [-0.4, -0.2) is 58.9 Å². The third kappa shape index (κ3) is 5.05. The molecule has 10 nitrogen and oxygen atoms in total. The van der Waals surface area contributed by atoms with Crippen LogP contribution in [0.3, 0.4) is 0 Å². The maximum Gasteiger partial charge on any atom is 0.353 e. The molecule has 4 atom stereocenters. The van der Waals surface area contributed by atoms with Gasteiger partial charge in [-0.1, -0.05) is 54.6 Å². The van der Waals surface area contributed by atoms with E-state index in [1.165, 1.54) is 6.20 Å². The van der Waals surface area contributed by atoms with Gasteiger partial charge in [0, 0.05) is 12.3 Å². The average Bonchev–Trinajstić information content (AvgIpc) is 3.27. The minimum atomic E-state index is -1.46. The monoisotopic (exact) mass is 545 g/mol. The lowest BCUT2D eigenvalue weighted by Gasteiger charge is -2.37. The highest BCUT2D eigenvalue weighted by Gasteiger charge is 2.46. The Bertz CT molecular complexity index is 1430. The van der Waals surface area contributed by atoms with E-state index in [0.717, 1.165) is 27.3 Å². The molecule has 5 rings (SSSR count). The van der Waals surface area contributed by atoms with Gasteiger partial charge in [-0.3, -0.25) is 9.67 Å². The van der Waals surface area contributed by atoms with Gasteiger partial charge in [0.2, 0.25) is 0 Å². The molecule has 0 spiro atoms. The molecule has 207 valence electrons. The van der Waals surface area contributed by atoms with E-state index in [9.17, 15) is 20.1 Å². The molecule has 4 aromatic rings. The molecular formula is C30H29N2O8. The quantitative estimate of drug-likeness (QED) is 0.307. The van der Waals surface area contributed by atoms with E-state index in [0.29, 0.717) is 11.5 Å². The molecule has 40 heavy (non-hydrogen) atoms. The summed E-state index contributed by atoms with van der Waals surface area (Å²) in [5.41, 5.74) is 0.303. The van der Waals surface area contributed by atoms with Crippen molar-refractivity contribution in [1.82, 2.24) is 9.55 Å². The summed E-state index contributed by atoms with van der Waals surface area (Å²) in [6.45, 7) is -0.163. The van der Waals surface area contributed by atoms with Gasteiger partial charge in [0.25, 0.3) is 5.88 Å². The molecule has 1 aliphatic rings. The fraction of sp³-hybridized carbons (Fsp3) is 0.267. The number of hydrogen-bond acceptors (Lipinski definition) is 8. The van der Waals surface area contributed by atoms with Gasteiger partial charge in [0.05, 0.1) is 20.8 Å². The first-order valence-electron chi connectivity index (χ1n) is 12.6. The number of aliphatic hydroxyl groups excluding tert-OH is 2. The lowest BCUT2D eigenvalue weighted by molar-refractivity contribution is -0.0959. The molecular weight excluding hydrogens is 516 g/mol. The first-order chi connectivity index (χ1) is 19.4. The van der Waals surface area contributed by atoms with Gasteiger partial charge in [-0.2, -0.15) is 4.98 Å². The zero-order valence-electron chi connectivity index (χ0n) is 21.9. The summed E-state index contributed by atoms with van der Waals surface area (Å²) in [4.78, 5) is 15.7. The Morgan fingerprint density at radius 3 is 1.90 bits per heavy atom. The van der Waals surface area contributed by atoms with Crippen molar-refractivity contribution >= 4 is 0 Å². The third-order valence-electron chi connectivity index (χ3n) is 7.05. The number of aliphatic hydroxyl groups is 2. The molecule has 1 fully saturated rings. The number of rotatable bonds is 9. The predicted octanol–water partition coefficient (Wildman–Crippen LogP) is 3.03. The molecule has 0 saturated carbocycles. The molecule has 1 radical (unpaired) electrons. The van der Waals surface area contributed by atoms with Gasteiger partial charge in [-0.25, -0.2) is 4.79 Å². The summed E-state index contributed by atoms with van der Waals surface area (Å²) in [5.74, 6) is 0.633. The Kier molecular flexibility index (Phi) is 7.85. The van der Waals surface area contributed by atoms with Crippen molar-refractivity contribution in [3.05, 3.63) is 118 Å². The number of aromatic nitrogens is 2. The van der Waals surface area contributed by atoms with Crippen LogP contribution in [0.1, 0.15) is 22.9 Å². The minimum Gasteiger partial charge on any atom is -0.497 e. The average molecular weight is 546 g/mol. The molecule has 1 aliphatic heterocycles. The SMILES string of the molecule is COc1ccc(C(OCC2OC(n3ccc([O])nc3=O)C(O)C2O)(c2ccccc2)c2ccc(OC)cc2)cc1. The standard InChI is InChI=1S/C30H29N2O8/c1-37-22-12-8-20(9-13-22)30(19-6-4-3-5-7-19,21-10-14-23(38-2)15-11-21)39-18-24-26(34)27(35)28(40-24)32-17-16-25(33)31-29(32)36/h3-17,24,26-28,34-35H,18H2,1-2H3. The lowest BCUT2D eigenvalue weighted by atomic mass is 9.80. The Labute approximate surface area is 230 Å². The fourth-order valence-corrected chi connectivity index (χ4v) is 4.97. The van der Waals surface area contributed by atoms with E-state index in [2.05, 4.69) is 4.98 Å². The van der Waals surface area contributed by atoms with E-state index < -0.39 is 41.7 Å². The molecule has 1 saturated heterocycles. The Morgan fingerprint density at radius 2 is 1.38 bits per heavy atom. The highest BCUT2D eigenvalue weighted by Crippen LogP contribution is 2.42. The Balaban J connectivity index is 1.55. The maximum atomic E-state index is 12.3. The molecule has 10 heteroatoms. The van der Waals surface area contributed by atoms with Crippen molar-refractivity contribution in [2.75, 3.05) is 20.8 Å². The summed E-state index contributed by atoms with van der Waals surface area (Å²) in [6, 6.07) is 25.6. The van der Waals surface area contributed by atoms with Crippen molar-refractivity contribution in [1.29, 1.82) is 0 Å². The number of nitrogens with zero attached hydrogens (tertiary/aromatic N) is 2. The van der Waals surface area contributed by atoms with E-state index in [4.69, 9.17) is 18.9 Å². The van der Waals surface area contributed by atoms with Crippen LogP contribution >= 0.6 is 0 Å². The van der Waals surface area contributed by atoms with E-state index in [-0.39, 0.29) is 6.61 Å². The van der Waals surface area contributed by atoms with Gasteiger partial charge >= 0.3 is 5.69 Å². The van der Waals surface area contributed by atoms with Crippen LogP contribution in [-0.2, 0) is 20.2 Å². The molecule has 0 amide bonds. The molecule has 1 aromatic heterocycles. The molecule has 2 N–H and O–H groups in total. The van der Waals surface area contributed by atoms with Crippen molar-refractivity contribution in [3.8, 4) is 17.4 Å². The Hall–Kier alpha value is -4.22. The lowest BCUT2D eigenvalue weighted by Crippen LogP contribution is -2.39. The predicted molar refractivity (Wildman–Crippen MR) is 143 cm³/mol. The van der Waals surface area contributed by atoms with E-state index in [1.54, 1.807) is 14.2 Å². The van der Waals surface area contributed by atoms with Gasteiger partial charge in [-0.05, 0) is 41.0 Å². The van der Waals surface area contributed by atoms with Crippen LogP contribution in [0.2, 0.25) is 0 Å². The summed E-state index contributed by atoms with van der Waals surface area (Å²) in [6.07, 6.45) is -3.93. The van der Waals surface area contributed by atoms with Crippen molar-refractivity contribution in [3.63, 3.8) is 0 Å². The second kappa shape index (κ2) is 11.5. The number of benzene rings is 3. The normalized spacial score (nSPS) is 20.8. The van der Waals surface area contributed by atoms with Crippen LogP contribution in [0.15, 0.2) is 95.9 Å². The zero-order chi connectivity index (χ0) is 28.3. The molecule has 2 heterocycles. The summed E-state index contributed by atoms with van der Waals surface area (Å²) in [5, 5.41) is 33.1. The van der Waals surface area contributed by atoms with Gasteiger partial charge in [0.15, 0.2) is 6.23 Å². The van der Waals surface area contributed by atoms with Gasteiger partial charge in [-0.15, -0.1) is 0 Å². The van der Waals surface area contributed by atoms with Crippen LogP contribution in [0.4, 0.5) is 0 Å². The molecule has 3 aromatic carbocycles. The zero-order valence-corrected chi connectivity index (χ0v) is 21.9. The number of hydrogen-bond donors (Lipinski definition) is 2. The highest BCUT2D eigenvalue weighted by atomic mass is 16.6. The van der Waals surface area contributed by atoms with E-state index >= 15 is 0 Å². The van der Waals surface area contributed by atoms with Gasteiger partial charge < -0.3 is 29.2 Å². The summed E-state index contributed by atoms with van der Waals surface area (Å²) in [7, 11) is 3.18. The molecule has 0 aliphatic carbocycles. The topological polar surface area (TPSA) is 132 Å². The third-order valence-corrected chi connectivity index (χ3v) is 7.05. The minimum absolute atomic E-state index is 0.163. The van der Waals surface area contributed by atoms with Crippen molar-refractivity contribution in [2.24, 2.45) is 0 Å². The molecule has 0 bridgehead atoms. The van der Waals surface area contributed by atoms with Crippen LogP contribution in [0.5, 0.6) is 17.4 Å². The van der Waals surface area contributed by atoms with E-state index in [1.807, 2.05) is 78.9 Å². The Morgan fingerprint density at radius 1 is 0.825 bits per heavy atom. The number of methoxy groups -OCH3 is 2. The van der Waals surface area contributed by atoms with Crippen molar-refractivity contribution < 1.29 is 34.3 Å². The number of ether oxygens (including phenoxy) is 4. The maximum absolute atomic E-state index is 12.3. The second-order valence-electron chi connectivity index (χ2n) is 9.32. The largest absolute Gasteiger partial charge is 0.497 e.